The van der Waals surface area contributed by atoms with Crippen LogP contribution >= 0.6 is 6.72 Å². The summed E-state index contributed by atoms with van der Waals surface area (Å²) >= 11 is 5.61. The fraction of sp³-hybridized carbons (Fsp3) is 0.320. The van der Waals surface area contributed by atoms with Crippen molar-refractivity contribution in [2.45, 2.75) is 44.3 Å². The number of aliphatic hydroxyl groups excluding tert-OH is 2. The molecule has 1 fully saturated rings. The van der Waals surface area contributed by atoms with Crippen LogP contribution in [0.1, 0.15) is 17.4 Å². The Morgan fingerprint density at radius 2 is 1.60 bits per heavy atom. The molecule has 11 nitrogen and oxygen atoms in total. The minimum atomic E-state index is -3.83. The van der Waals surface area contributed by atoms with Gasteiger partial charge < -0.3 is 29.7 Å². The molecular weight excluding hydrogens is 567 g/mol. The summed E-state index contributed by atoms with van der Waals surface area (Å²) in [6.45, 7) is -1.03. The number of hydrogen-bond acceptors (Lipinski definition) is 11. The Kier molecular flexibility index (Phi) is 7.75. The number of aromatic nitrogens is 4. The number of aryl methyl sites for hydroxylation is 2. The standard InChI is InChI=1S/C25H26F2N5O6PS/c1-14-3-7-16(8-4-14)37-39(40,38-17-9-5-15(2)6-10-17)35-11-25(24(26)27)20(34)19(33)23(36-25)32-13-31-18-21(28)29-12-30-22(18)32/h3-10,12-13,19-20,23-24,33-34H,11H2,1-2H3,(H2,28,29,30)/t19-,20-,23-,25-/m1/s1. The van der Waals surface area contributed by atoms with Crippen LogP contribution in [0.25, 0.3) is 11.2 Å². The van der Waals surface area contributed by atoms with Crippen LogP contribution < -0.4 is 14.8 Å². The third-order valence-corrected chi connectivity index (χ3v) is 8.49. The normalized spacial score (nSPS) is 23.1. The second-order valence-corrected chi connectivity index (χ2v) is 12.2. The third-order valence-electron chi connectivity index (χ3n) is 6.41. The van der Waals surface area contributed by atoms with Gasteiger partial charge in [0.05, 0.1) is 12.9 Å². The number of fused-ring (bicyclic) bond motifs is 1. The van der Waals surface area contributed by atoms with E-state index in [-0.39, 0.29) is 17.0 Å². The lowest BCUT2D eigenvalue weighted by molar-refractivity contribution is -0.191. The fourth-order valence-electron chi connectivity index (χ4n) is 4.16. The zero-order valence-electron chi connectivity index (χ0n) is 21.3. The highest BCUT2D eigenvalue weighted by atomic mass is 32.5. The van der Waals surface area contributed by atoms with Crippen LogP contribution in [0.3, 0.4) is 0 Å². The number of nitrogen functional groups attached to an aromatic ring is 1. The summed E-state index contributed by atoms with van der Waals surface area (Å²) in [4.78, 5) is 12.0. The Labute approximate surface area is 232 Å². The molecule has 0 unspecified atom stereocenters. The second kappa shape index (κ2) is 11.0. The van der Waals surface area contributed by atoms with Gasteiger partial charge in [0.15, 0.2) is 23.3 Å². The smallest absolute Gasteiger partial charge is 0.416 e. The van der Waals surface area contributed by atoms with Gasteiger partial charge in [-0.25, -0.2) is 23.7 Å². The molecule has 0 saturated carbocycles. The molecule has 1 aliphatic heterocycles. The van der Waals surface area contributed by atoms with Crippen molar-refractivity contribution in [2.24, 2.45) is 0 Å². The maximum absolute atomic E-state index is 14.7. The molecule has 2 aromatic carbocycles. The van der Waals surface area contributed by atoms with E-state index in [0.717, 1.165) is 17.5 Å². The lowest BCUT2D eigenvalue weighted by Crippen LogP contribution is -2.52. The highest BCUT2D eigenvalue weighted by Gasteiger charge is 2.61. The number of alkyl halides is 2. The highest BCUT2D eigenvalue weighted by molar-refractivity contribution is 8.07. The molecule has 15 heteroatoms. The third kappa shape index (κ3) is 5.38. The van der Waals surface area contributed by atoms with Crippen LogP contribution in [-0.4, -0.2) is 60.6 Å². The maximum Gasteiger partial charge on any atom is 0.435 e. The molecule has 0 radical (unpaired) electrons. The van der Waals surface area contributed by atoms with E-state index in [2.05, 4.69) is 15.0 Å². The minimum absolute atomic E-state index is 0.0439. The molecule has 0 bridgehead atoms. The number of rotatable bonds is 9. The largest absolute Gasteiger partial charge is 0.435 e. The van der Waals surface area contributed by atoms with E-state index in [1.165, 1.54) is 10.9 Å². The molecule has 4 aromatic rings. The lowest BCUT2D eigenvalue weighted by Gasteiger charge is -2.33. The van der Waals surface area contributed by atoms with Gasteiger partial charge in [0.25, 0.3) is 6.43 Å². The Morgan fingerprint density at radius 3 is 2.15 bits per heavy atom. The van der Waals surface area contributed by atoms with Crippen molar-refractivity contribution in [1.29, 1.82) is 0 Å². The van der Waals surface area contributed by atoms with Gasteiger partial charge in [-0.1, -0.05) is 35.4 Å². The molecule has 1 aliphatic rings. The molecule has 2 aromatic heterocycles. The summed E-state index contributed by atoms with van der Waals surface area (Å²) in [5, 5.41) is 21.7. The van der Waals surface area contributed by atoms with Crippen molar-refractivity contribution in [3.05, 3.63) is 72.3 Å². The SMILES string of the molecule is Cc1ccc(OP(=S)(OC[C@@]2(C(F)F)O[C@@H](n3cnc4c(N)ncnc43)[C@H](O)[C@H]2O)Oc2ccc(C)cc2)cc1. The van der Waals surface area contributed by atoms with Crippen LogP contribution in [-0.2, 0) is 21.1 Å². The molecule has 4 atom stereocenters. The Balaban J connectivity index is 1.45. The molecule has 0 amide bonds. The van der Waals surface area contributed by atoms with Gasteiger partial charge in [-0.2, -0.15) is 0 Å². The van der Waals surface area contributed by atoms with E-state index >= 15 is 0 Å². The van der Waals surface area contributed by atoms with Gasteiger partial charge in [-0.05, 0) is 38.1 Å². The number of benzene rings is 2. The Morgan fingerprint density at radius 1 is 1.02 bits per heavy atom. The van der Waals surface area contributed by atoms with Crippen molar-refractivity contribution in [2.75, 3.05) is 12.3 Å². The fourth-order valence-corrected chi connectivity index (χ4v) is 6.09. The highest BCUT2D eigenvalue weighted by Crippen LogP contribution is 2.52. The maximum atomic E-state index is 14.7. The van der Waals surface area contributed by atoms with Gasteiger partial charge in [0, 0.05) is 11.8 Å². The predicted octanol–water partition coefficient (Wildman–Crippen LogP) is 3.68. The summed E-state index contributed by atoms with van der Waals surface area (Å²) in [7, 11) is 0. The topological polar surface area (TPSA) is 147 Å². The summed E-state index contributed by atoms with van der Waals surface area (Å²) in [5.74, 6) is 0.627. The molecular formula is C25H26F2N5O6PS. The number of ether oxygens (including phenoxy) is 1. The molecule has 40 heavy (non-hydrogen) atoms. The lowest BCUT2D eigenvalue weighted by atomic mass is 9.96. The second-order valence-electron chi connectivity index (χ2n) is 9.31. The average molecular weight is 594 g/mol. The number of hydrogen-bond donors (Lipinski definition) is 3. The van der Waals surface area contributed by atoms with Crippen molar-refractivity contribution in [3.8, 4) is 11.5 Å². The first kappa shape index (κ1) is 28.3. The molecule has 3 heterocycles. The van der Waals surface area contributed by atoms with E-state index in [1.54, 1.807) is 48.5 Å². The Bertz CT molecular complexity index is 1490. The zero-order chi connectivity index (χ0) is 28.7. The van der Waals surface area contributed by atoms with E-state index in [9.17, 15) is 19.0 Å². The monoisotopic (exact) mass is 593 g/mol. The van der Waals surface area contributed by atoms with E-state index in [1.807, 2.05) is 13.8 Å². The summed E-state index contributed by atoms with van der Waals surface area (Å²) in [6, 6.07) is 13.7. The predicted molar refractivity (Wildman–Crippen MR) is 144 cm³/mol. The molecule has 5 rings (SSSR count). The van der Waals surface area contributed by atoms with Crippen molar-refractivity contribution in [3.63, 3.8) is 0 Å². The van der Waals surface area contributed by atoms with Crippen molar-refractivity contribution in [1.82, 2.24) is 19.5 Å². The first-order chi connectivity index (χ1) is 19.0. The quantitative estimate of drug-likeness (QED) is 0.244. The number of nitrogens with two attached hydrogens (primary N) is 1. The number of imidazole rings is 1. The number of nitrogens with zero attached hydrogens (tertiary/aromatic N) is 4. The van der Waals surface area contributed by atoms with Gasteiger partial charge in [0.2, 0.25) is 0 Å². The van der Waals surface area contributed by atoms with Gasteiger partial charge in [-0.15, -0.1) is 0 Å². The first-order valence-corrected chi connectivity index (χ1v) is 14.6. The van der Waals surface area contributed by atoms with E-state index in [4.69, 9.17) is 35.8 Å². The van der Waals surface area contributed by atoms with E-state index in [0.29, 0.717) is 11.5 Å². The number of anilines is 1. The van der Waals surface area contributed by atoms with Crippen LogP contribution in [0.2, 0.25) is 0 Å². The number of aliphatic hydroxyl groups is 2. The summed E-state index contributed by atoms with van der Waals surface area (Å²) < 4.78 is 53.8. The zero-order valence-corrected chi connectivity index (χ0v) is 23.0. The molecule has 1 saturated heterocycles. The van der Waals surface area contributed by atoms with Crippen molar-refractivity contribution < 1.29 is 37.3 Å². The number of halogens is 2. The first-order valence-electron chi connectivity index (χ1n) is 12.0. The molecule has 4 N–H and O–H groups in total. The van der Waals surface area contributed by atoms with Crippen LogP contribution in [0.4, 0.5) is 14.6 Å². The molecule has 0 aliphatic carbocycles. The summed E-state index contributed by atoms with van der Waals surface area (Å²) in [5.41, 5.74) is 5.31. The van der Waals surface area contributed by atoms with Crippen LogP contribution in [0, 0.1) is 13.8 Å². The van der Waals surface area contributed by atoms with Crippen molar-refractivity contribution >= 4 is 35.5 Å². The Hall–Kier alpha value is -3.26. The average Bonchev–Trinajstić information content (AvgIpc) is 3.46. The summed E-state index contributed by atoms with van der Waals surface area (Å²) in [6.07, 6.45) is -6.40. The van der Waals surface area contributed by atoms with Crippen LogP contribution in [0.15, 0.2) is 61.2 Å². The van der Waals surface area contributed by atoms with Gasteiger partial charge in [-0.3, -0.25) is 9.09 Å². The molecule has 0 spiro atoms. The van der Waals surface area contributed by atoms with E-state index < -0.39 is 43.8 Å². The van der Waals surface area contributed by atoms with Crippen LogP contribution in [0.5, 0.6) is 11.5 Å². The minimum Gasteiger partial charge on any atom is -0.416 e. The molecule has 212 valence electrons. The van der Waals surface area contributed by atoms with Gasteiger partial charge >= 0.3 is 6.72 Å². The van der Waals surface area contributed by atoms with Gasteiger partial charge in [0.1, 0.15) is 35.6 Å².